The minimum Gasteiger partial charge on any atom is -0.379 e. The molecular weight excluding hydrogens is 410 g/mol. The van der Waals surface area contributed by atoms with Gasteiger partial charge in [-0.1, -0.05) is 43.2 Å². The van der Waals surface area contributed by atoms with E-state index < -0.39 is 0 Å². The largest absolute Gasteiger partial charge is 0.379 e. The molecule has 1 N–H and O–H groups in total. The minimum absolute atomic E-state index is 0.000435. The summed E-state index contributed by atoms with van der Waals surface area (Å²) in [4.78, 5) is 30.9. The maximum Gasteiger partial charge on any atom is 0.261 e. The number of ether oxygens (including phenoxy) is 1. The molecule has 2 unspecified atom stereocenters. The van der Waals surface area contributed by atoms with Crippen LogP contribution in [0, 0.1) is 0 Å². The Hall–Kier alpha value is -1.83. The predicted octanol–water partition coefficient (Wildman–Crippen LogP) is 2.75. The lowest BCUT2D eigenvalue weighted by molar-refractivity contribution is -0.135. The smallest absolute Gasteiger partial charge is 0.261 e. The molecule has 31 heavy (non-hydrogen) atoms. The summed E-state index contributed by atoms with van der Waals surface area (Å²) >= 11 is 1.71. The Morgan fingerprint density at radius 2 is 1.94 bits per heavy atom. The second-order valence-corrected chi connectivity index (χ2v) is 9.80. The standard InChI is InChI=1S/C24H33N3O3S/c28-23(25-11-6-12-26-13-15-30-16-14-26)18-27-20-9-4-5-10-21(20)31-22(24(27)29)17-19-7-2-1-3-8-19/h1-3,7-8,17,20-21H,4-6,9-16,18H2,(H,25,28)/b22-17-. The summed E-state index contributed by atoms with van der Waals surface area (Å²) in [5, 5.41) is 3.42. The highest BCUT2D eigenvalue weighted by atomic mass is 32.2. The zero-order valence-electron chi connectivity index (χ0n) is 18.1. The Morgan fingerprint density at radius 3 is 2.74 bits per heavy atom. The third-order valence-corrected chi connectivity index (χ3v) is 7.71. The van der Waals surface area contributed by atoms with Crippen LogP contribution in [0.2, 0.25) is 0 Å². The lowest BCUT2D eigenvalue weighted by Crippen LogP contribution is -2.54. The maximum absolute atomic E-state index is 13.3. The van der Waals surface area contributed by atoms with Crippen LogP contribution in [0.5, 0.6) is 0 Å². The first-order valence-electron chi connectivity index (χ1n) is 11.5. The number of rotatable bonds is 7. The zero-order chi connectivity index (χ0) is 21.5. The molecule has 6 nitrogen and oxygen atoms in total. The van der Waals surface area contributed by atoms with Crippen LogP contribution in [0.3, 0.4) is 0 Å². The van der Waals surface area contributed by atoms with E-state index in [2.05, 4.69) is 10.2 Å². The van der Waals surface area contributed by atoms with Gasteiger partial charge in [-0.3, -0.25) is 14.5 Å². The van der Waals surface area contributed by atoms with E-state index >= 15 is 0 Å². The molecule has 7 heteroatoms. The second-order valence-electron chi connectivity index (χ2n) is 8.52. The van der Waals surface area contributed by atoms with Crippen LogP contribution >= 0.6 is 11.8 Å². The third kappa shape index (κ3) is 6.11. The fourth-order valence-electron chi connectivity index (χ4n) is 4.63. The van der Waals surface area contributed by atoms with Crippen LogP contribution < -0.4 is 5.32 Å². The first kappa shape index (κ1) is 22.4. The van der Waals surface area contributed by atoms with Crippen LogP contribution in [-0.4, -0.2) is 78.8 Å². The highest BCUT2D eigenvalue weighted by Gasteiger charge is 2.41. The predicted molar refractivity (Wildman–Crippen MR) is 125 cm³/mol. The van der Waals surface area contributed by atoms with Gasteiger partial charge in [0, 0.05) is 30.9 Å². The summed E-state index contributed by atoms with van der Waals surface area (Å²) in [6.45, 7) is 5.29. The molecule has 0 bridgehead atoms. The van der Waals surface area contributed by atoms with Gasteiger partial charge < -0.3 is 15.0 Å². The Morgan fingerprint density at radius 1 is 1.16 bits per heavy atom. The van der Waals surface area contributed by atoms with E-state index in [0.29, 0.717) is 11.8 Å². The van der Waals surface area contributed by atoms with Crippen molar-refractivity contribution in [3.8, 4) is 0 Å². The SMILES string of the molecule is O=C(CN1C(=O)/C(=C/c2ccccc2)SC2CCCCC21)NCCCN1CCOCC1. The van der Waals surface area contributed by atoms with Crippen molar-refractivity contribution in [1.29, 1.82) is 0 Å². The molecule has 2 heterocycles. The second kappa shape index (κ2) is 11.2. The lowest BCUT2D eigenvalue weighted by atomic mass is 9.93. The Balaban J connectivity index is 1.34. The molecule has 168 valence electrons. The van der Waals surface area contributed by atoms with E-state index in [0.717, 1.165) is 69.0 Å². The summed E-state index contributed by atoms with van der Waals surface area (Å²) < 4.78 is 5.37. The summed E-state index contributed by atoms with van der Waals surface area (Å²) in [6, 6.07) is 10.1. The van der Waals surface area contributed by atoms with Gasteiger partial charge in [0.15, 0.2) is 0 Å². The Kier molecular flexibility index (Phi) is 8.05. The molecule has 1 aliphatic carbocycles. The van der Waals surface area contributed by atoms with Gasteiger partial charge in [-0.05, 0) is 37.4 Å². The fourth-order valence-corrected chi connectivity index (χ4v) is 6.10. The highest BCUT2D eigenvalue weighted by molar-refractivity contribution is 8.04. The van der Waals surface area contributed by atoms with Gasteiger partial charge >= 0.3 is 0 Å². The summed E-state index contributed by atoms with van der Waals surface area (Å²) in [5.41, 5.74) is 1.03. The molecule has 3 aliphatic rings. The first-order chi connectivity index (χ1) is 15.2. The average molecular weight is 444 g/mol. The summed E-state index contributed by atoms with van der Waals surface area (Å²) in [7, 11) is 0. The van der Waals surface area contributed by atoms with Crippen LogP contribution in [0.4, 0.5) is 0 Å². The molecule has 1 saturated carbocycles. The van der Waals surface area contributed by atoms with E-state index in [1.165, 1.54) is 6.42 Å². The molecule has 2 amide bonds. The van der Waals surface area contributed by atoms with Crippen LogP contribution in [0.15, 0.2) is 35.2 Å². The molecule has 0 aromatic heterocycles. The number of hydrogen-bond acceptors (Lipinski definition) is 5. The number of benzene rings is 1. The topological polar surface area (TPSA) is 61.9 Å². The van der Waals surface area contributed by atoms with Crippen molar-refractivity contribution in [2.24, 2.45) is 0 Å². The Bertz CT molecular complexity index is 780. The van der Waals surface area contributed by atoms with E-state index in [4.69, 9.17) is 4.74 Å². The van der Waals surface area contributed by atoms with Crippen molar-refractivity contribution in [3.63, 3.8) is 0 Å². The number of carbonyl (C=O) groups excluding carboxylic acids is 2. The number of carbonyl (C=O) groups is 2. The maximum atomic E-state index is 13.3. The zero-order valence-corrected chi connectivity index (χ0v) is 18.9. The van der Waals surface area contributed by atoms with E-state index in [1.54, 1.807) is 11.8 Å². The quantitative estimate of drug-likeness (QED) is 0.519. The highest BCUT2D eigenvalue weighted by Crippen LogP contribution is 2.42. The van der Waals surface area contributed by atoms with Crippen molar-refractivity contribution in [2.75, 3.05) is 45.9 Å². The first-order valence-corrected chi connectivity index (χ1v) is 12.4. The molecule has 2 saturated heterocycles. The van der Waals surface area contributed by atoms with Crippen LogP contribution in [-0.2, 0) is 14.3 Å². The number of nitrogens with zero attached hydrogens (tertiary/aromatic N) is 2. The minimum atomic E-state index is -0.0504. The summed E-state index contributed by atoms with van der Waals surface area (Å²) in [6.07, 6.45) is 7.32. The van der Waals surface area contributed by atoms with E-state index in [9.17, 15) is 9.59 Å². The number of thioether (sulfide) groups is 1. The molecular formula is C24H33N3O3S. The van der Waals surface area contributed by atoms with Crippen molar-refractivity contribution < 1.29 is 14.3 Å². The molecule has 1 aromatic rings. The van der Waals surface area contributed by atoms with E-state index in [-0.39, 0.29) is 24.4 Å². The lowest BCUT2D eigenvalue weighted by Gasteiger charge is -2.43. The van der Waals surface area contributed by atoms with Crippen LogP contribution in [0.25, 0.3) is 6.08 Å². The van der Waals surface area contributed by atoms with Crippen molar-refractivity contribution in [2.45, 2.75) is 43.4 Å². The summed E-state index contributed by atoms with van der Waals surface area (Å²) in [5.74, 6) is -0.0499. The molecule has 4 rings (SSSR count). The normalized spacial score (nSPS) is 26.0. The fraction of sp³-hybridized carbons (Fsp3) is 0.583. The molecule has 0 spiro atoms. The number of fused-ring (bicyclic) bond motifs is 1. The third-order valence-electron chi connectivity index (χ3n) is 6.31. The average Bonchev–Trinajstić information content (AvgIpc) is 2.81. The molecule has 2 aliphatic heterocycles. The molecule has 0 radical (unpaired) electrons. The molecule has 3 fully saturated rings. The van der Waals surface area contributed by atoms with Crippen LogP contribution in [0.1, 0.15) is 37.7 Å². The van der Waals surface area contributed by atoms with Gasteiger partial charge in [0.25, 0.3) is 5.91 Å². The molecule has 1 aromatic carbocycles. The number of nitrogens with one attached hydrogen (secondary N) is 1. The van der Waals surface area contributed by atoms with Crippen molar-refractivity contribution >= 4 is 29.7 Å². The van der Waals surface area contributed by atoms with Gasteiger partial charge in [0.1, 0.15) is 6.54 Å². The van der Waals surface area contributed by atoms with Crippen molar-refractivity contribution in [3.05, 3.63) is 40.8 Å². The Labute approximate surface area is 189 Å². The van der Waals surface area contributed by atoms with Gasteiger partial charge in [0.05, 0.1) is 18.1 Å². The monoisotopic (exact) mass is 443 g/mol. The number of hydrogen-bond donors (Lipinski definition) is 1. The van der Waals surface area contributed by atoms with Gasteiger partial charge in [-0.2, -0.15) is 0 Å². The van der Waals surface area contributed by atoms with Gasteiger partial charge in [-0.25, -0.2) is 0 Å². The number of amides is 2. The van der Waals surface area contributed by atoms with Gasteiger partial charge in [-0.15, -0.1) is 11.8 Å². The number of morpholine rings is 1. The van der Waals surface area contributed by atoms with Crippen molar-refractivity contribution in [1.82, 2.24) is 15.1 Å². The molecule has 2 atom stereocenters. The van der Waals surface area contributed by atoms with E-state index in [1.807, 2.05) is 41.3 Å². The van der Waals surface area contributed by atoms with Gasteiger partial charge in [0.2, 0.25) is 5.91 Å².